The number of benzene rings is 2. The standard InChI is InChI=1S/C14H7ClF2N2O/c15-9-6-4-8(5-7-9)13-18-14(20-19-13)10-2-1-3-11(16)12(10)17/h1-7H. The molecule has 3 aromatic rings. The topological polar surface area (TPSA) is 38.9 Å². The molecule has 0 aliphatic heterocycles. The van der Waals surface area contributed by atoms with Crippen molar-refractivity contribution in [1.29, 1.82) is 0 Å². The second-order valence-corrected chi connectivity index (χ2v) is 4.47. The Hall–Kier alpha value is -2.27. The lowest BCUT2D eigenvalue weighted by Gasteiger charge is -1.97. The number of aromatic nitrogens is 2. The van der Waals surface area contributed by atoms with Crippen LogP contribution in [0.1, 0.15) is 0 Å². The smallest absolute Gasteiger partial charge is 0.261 e. The molecule has 0 unspecified atom stereocenters. The normalized spacial score (nSPS) is 10.8. The van der Waals surface area contributed by atoms with Crippen LogP contribution in [0.5, 0.6) is 0 Å². The zero-order valence-electron chi connectivity index (χ0n) is 9.98. The van der Waals surface area contributed by atoms with E-state index in [-0.39, 0.29) is 17.3 Å². The molecule has 0 aliphatic carbocycles. The van der Waals surface area contributed by atoms with Crippen LogP contribution in [0.25, 0.3) is 22.8 Å². The minimum atomic E-state index is -1.01. The van der Waals surface area contributed by atoms with E-state index in [1.54, 1.807) is 24.3 Å². The molecule has 0 atom stereocenters. The van der Waals surface area contributed by atoms with Crippen molar-refractivity contribution in [1.82, 2.24) is 10.1 Å². The zero-order valence-corrected chi connectivity index (χ0v) is 10.7. The first-order valence-corrected chi connectivity index (χ1v) is 6.07. The third-order valence-electron chi connectivity index (χ3n) is 2.71. The monoisotopic (exact) mass is 292 g/mol. The average molecular weight is 293 g/mol. The van der Waals surface area contributed by atoms with Gasteiger partial charge in [0.2, 0.25) is 5.82 Å². The Morgan fingerprint density at radius 1 is 1.00 bits per heavy atom. The number of halogens is 3. The Labute approximate surface area is 117 Å². The lowest BCUT2D eigenvalue weighted by molar-refractivity contribution is 0.427. The molecule has 0 spiro atoms. The first-order valence-electron chi connectivity index (χ1n) is 5.69. The summed E-state index contributed by atoms with van der Waals surface area (Å²) in [6.07, 6.45) is 0. The van der Waals surface area contributed by atoms with Crippen LogP contribution in [-0.4, -0.2) is 10.1 Å². The predicted molar refractivity (Wildman–Crippen MR) is 70.1 cm³/mol. The first kappa shape index (κ1) is 12.7. The van der Waals surface area contributed by atoms with Gasteiger partial charge in [-0.1, -0.05) is 22.8 Å². The number of rotatable bonds is 2. The van der Waals surface area contributed by atoms with Gasteiger partial charge < -0.3 is 4.52 Å². The highest BCUT2D eigenvalue weighted by Crippen LogP contribution is 2.26. The third-order valence-corrected chi connectivity index (χ3v) is 2.96. The van der Waals surface area contributed by atoms with Crippen molar-refractivity contribution in [3.05, 3.63) is 59.1 Å². The van der Waals surface area contributed by atoms with Gasteiger partial charge in [0, 0.05) is 10.6 Å². The van der Waals surface area contributed by atoms with Gasteiger partial charge in [-0.25, -0.2) is 8.78 Å². The second kappa shape index (κ2) is 5.02. The minimum Gasteiger partial charge on any atom is -0.334 e. The Bertz CT molecular complexity index is 756. The zero-order chi connectivity index (χ0) is 14.1. The number of hydrogen-bond acceptors (Lipinski definition) is 3. The minimum absolute atomic E-state index is 0.0716. The van der Waals surface area contributed by atoms with Crippen LogP contribution in [0.2, 0.25) is 5.02 Å². The molecule has 2 aromatic carbocycles. The molecule has 20 heavy (non-hydrogen) atoms. The van der Waals surface area contributed by atoms with Crippen molar-refractivity contribution in [3.63, 3.8) is 0 Å². The second-order valence-electron chi connectivity index (χ2n) is 4.03. The Morgan fingerprint density at radius 3 is 2.50 bits per heavy atom. The van der Waals surface area contributed by atoms with E-state index >= 15 is 0 Å². The molecular weight excluding hydrogens is 286 g/mol. The van der Waals surface area contributed by atoms with E-state index < -0.39 is 11.6 Å². The molecule has 3 nitrogen and oxygen atoms in total. The molecule has 1 aromatic heterocycles. The summed E-state index contributed by atoms with van der Waals surface area (Å²) in [6.45, 7) is 0. The Balaban J connectivity index is 2.02. The fourth-order valence-electron chi connectivity index (χ4n) is 1.72. The Kier molecular flexibility index (Phi) is 3.20. The van der Waals surface area contributed by atoms with Gasteiger partial charge >= 0.3 is 0 Å². The van der Waals surface area contributed by atoms with E-state index in [4.69, 9.17) is 16.1 Å². The van der Waals surface area contributed by atoms with E-state index in [0.29, 0.717) is 10.6 Å². The molecule has 1 heterocycles. The molecule has 0 fully saturated rings. The lowest BCUT2D eigenvalue weighted by Crippen LogP contribution is -1.89. The van der Waals surface area contributed by atoms with Crippen molar-refractivity contribution in [2.45, 2.75) is 0 Å². The number of nitrogens with zero attached hydrogens (tertiary/aromatic N) is 2. The maximum absolute atomic E-state index is 13.6. The quantitative estimate of drug-likeness (QED) is 0.705. The van der Waals surface area contributed by atoms with Gasteiger partial charge in [0.15, 0.2) is 11.6 Å². The van der Waals surface area contributed by atoms with Crippen molar-refractivity contribution < 1.29 is 13.3 Å². The van der Waals surface area contributed by atoms with Gasteiger partial charge in [-0.15, -0.1) is 0 Å². The van der Waals surface area contributed by atoms with Crippen molar-refractivity contribution in [2.24, 2.45) is 0 Å². The van der Waals surface area contributed by atoms with E-state index in [0.717, 1.165) is 6.07 Å². The third kappa shape index (κ3) is 2.28. The van der Waals surface area contributed by atoms with E-state index in [2.05, 4.69) is 10.1 Å². The highest BCUT2D eigenvalue weighted by Gasteiger charge is 2.16. The molecule has 0 N–H and O–H groups in total. The fourth-order valence-corrected chi connectivity index (χ4v) is 1.84. The maximum atomic E-state index is 13.6. The Morgan fingerprint density at radius 2 is 1.75 bits per heavy atom. The van der Waals surface area contributed by atoms with Gasteiger partial charge in [-0.3, -0.25) is 0 Å². The maximum Gasteiger partial charge on any atom is 0.261 e. The van der Waals surface area contributed by atoms with Gasteiger partial charge in [0.25, 0.3) is 5.89 Å². The summed E-state index contributed by atoms with van der Waals surface area (Å²) in [5, 5.41) is 4.32. The first-order chi connectivity index (χ1) is 9.65. The summed E-state index contributed by atoms with van der Waals surface area (Å²) in [6, 6.07) is 10.5. The molecule has 0 saturated carbocycles. The van der Waals surface area contributed by atoms with Crippen LogP contribution in [0.4, 0.5) is 8.78 Å². The SMILES string of the molecule is Fc1cccc(-c2nc(-c3ccc(Cl)cc3)no2)c1F. The largest absolute Gasteiger partial charge is 0.334 e. The van der Waals surface area contributed by atoms with E-state index in [1.165, 1.54) is 12.1 Å². The summed E-state index contributed by atoms with van der Waals surface area (Å²) < 4.78 is 31.8. The molecule has 0 amide bonds. The summed E-state index contributed by atoms with van der Waals surface area (Å²) in [4.78, 5) is 4.05. The molecule has 0 bridgehead atoms. The molecule has 0 aliphatic rings. The van der Waals surface area contributed by atoms with Crippen LogP contribution in [0, 0.1) is 11.6 Å². The van der Waals surface area contributed by atoms with Crippen molar-refractivity contribution >= 4 is 11.6 Å². The summed E-state index contributed by atoms with van der Waals surface area (Å²) in [5.74, 6) is -1.78. The molecule has 6 heteroatoms. The molecule has 0 radical (unpaired) electrons. The highest BCUT2D eigenvalue weighted by atomic mass is 35.5. The molecule has 0 saturated heterocycles. The predicted octanol–water partition coefficient (Wildman–Crippen LogP) is 4.34. The fraction of sp³-hybridized carbons (Fsp3) is 0. The van der Waals surface area contributed by atoms with Gasteiger partial charge in [0.1, 0.15) is 0 Å². The van der Waals surface area contributed by atoms with E-state index in [1.807, 2.05) is 0 Å². The summed E-state index contributed by atoms with van der Waals surface area (Å²) in [5.41, 5.74) is 0.596. The van der Waals surface area contributed by atoms with Crippen LogP contribution < -0.4 is 0 Å². The van der Waals surface area contributed by atoms with Gasteiger partial charge in [0.05, 0.1) is 5.56 Å². The van der Waals surface area contributed by atoms with Crippen LogP contribution in [0.3, 0.4) is 0 Å². The summed E-state index contributed by atoms with van der Waals surface area (Å²) >= 11 is 5.78. The number of hydrogen-bond donors (Lipinski definition) is 0. The lowest BCUT2D eigenvalue weighted by atomic mass is 10.2. The van der Waals surface area contributed by atoms with Gasteiger partial charge in [-0.05, 0) is 36.4 Å². The molecular formula is C14H7ClF2N2O. The van der Waals surface area contributed by atoms with Crippen LogP contribution in [-0.2, 0) is 0 Å². The van der Waals surface area contributed by atoms with E-state index in [9.17, 15) is 8.78 Å². The van der Waals surface area contributed by atoms with Crippen molar-refractivity contribution in [3.8, 4) is 22.8 Å². The van der Waals surface area contributed by atoms with Crippen LogP contribution >= 0.6 is 11.6 Å². The molecule has 100 valence electrons. The van der Waals surface area contributed by atoms with Crippen LogP contribution in [0.15, 0.2) is 47.0 Å². The van der Waals surface area contributed by atoms with Gasteiger partial charge in [-0.2, -0.15) is 4.98 Å². The average Bonchev–Trinajstić information content (AvgIpc) is 2.92. The highest BCUT2D eigenvalue weighted by molar-refractivity contribution is 6.30. The molecule has 3 rings (SSSR count). The summed E-state index contributed by atoms with van der Waals surface area (Å²) in [7, 11) is 0. The van der Waals surface area contributed by atoms with Crippen molar-refractivity contribution in [2.75, 3.05) is 0 Å².